The molecule has 1 heterocycles. The van der Waals surface area contributed by atoms with E-state index in [4.69, 9.17) is 0 Å². The maximum atomic E-state index is 12.1. The van der Waals surface area contributed by atoms with E-state index in [-0.39, 0.29) is 12.2 Å². The Balaban J connectivity index is 2.18. The van der Waals surface area contributed by atoms with Gasteiger partial charge >= 0.3 is 5.97 Å². The second-order valence-electron chi connectivity index (χ2n) is 4.25. The van der Waals surface area contributed by atoms with Crippen LogP contribution in [0.3, 0.4) is 0 Å². The molecule has 18 heavy (non-hydrogen) atoms. The highest BCUT2D eigenvalue weighted by Gasteiger charge is 2.48. The van der Waals surface area contributed by atoms with Crippen LogP contribution in [0.5, 0.6) is 5.75 Å². The van der Waals surface area contributed by atoms with E-state index in [1.165, 1.54) is 12.1 Å². The molecule has 0 bridgehead atoms. The number of anilines is 1. The fourth-order valence-electron chi connectivity index (χ4n) is 2.04. The molecule has 0 radical (unpaired) electrons. The molecule has 1 aromatic rings. The number of phenols is 1. The Morgan fingerprint density at radius 1 is 1.39 bits per heavy atom. The van der Waals surface area contributed by atoms with Crippen LogP contribution in [0.25, 0.3) is 0 Å². The first-order valence-electron chi connectivity index (χ1n) is 5.63. The first-order valence-corrected chi connectivity index (χ1v) is 5.63. The average molecular weight is 250 g/mol. The van der Waals surface area contributed by atoms with Crippen LogP contribution in [0.1, 0.15) is 12.8 Å². The van der Waals surface area contributed by atoms with Crippen LogP contribution in [-0.2, 0) is 9.59 Å². The maximum absolute atomic E-state index is 12.1. The van der Waals surface area contributed by atoms with Crippen molar-refractivity contribution in [1.82, 2.24) is 5.32 Å². The summed E-state index contributed by atoms with van der Waals surface area (Å²) in [6.45, 7) is 0.500. The molecule has 0 aromatic heterocycles. The summed E-state index contributed by atoms with van der Waals surface area (Å²) in [5.41, 5.74) is -1.19. The monoisotopic (exact) mass is 250 g/mol. The molecule has 1 aromatic carbocycles. The van der Waals surface area contributed by atoms with Crippen LogP contribution in [-0.4, -0.2) is 34.2 Å². The molecule has 0 spiro atoms. The number of carbonyl (C=O) groups excluding carboxylic acids is 1. The number of amides is 1. The Morgan fingerprint density at radius 2 is 2.17 bits per heavy atom. The molecule has 1 aliphatic heterocycles. The highest BCUT2D eigenvalue weighted by Crippen LogP contribution is 2.23. The number of hydrogen-bond donors (Lipinski definition) is 4. The molecule has 1 aliphatic rings. The van der Waals surface area contributed by atoms with Gasteiger partial charge in [0.15, 0.2) is 5.54 Å². The quantitative estimate of drug-likeness (QED) is 0.587. The molecule has 0 aliphatic carbocycles. The third-order valence-corrected chi connectivity index (χ3v) is 3.01. The van der Waals surface area contributed by atoms with Crippen LogP contribution in [0, 0.1) is 0 Å². The fourth-order valence-corrected chi connectivity index (χ4v) is 2.04. The van der Waals surface area contributed by atoms with Gasteiger partial charge in [-0.05, 0) is 31.5 Å². The number of rotatable bonds is 3. The van der Waals surface area contributed by atoms with Crippen LogP contribution in [0.15, 0.2) is 24.3 Å². The zero-order chi connectivity index (χ0) is 13.2. The fraction of sp³-hybridized carbons (Fsp3) is 0.333. The minimum Gasteiger partial charge on any atom is -0.508 e. The van der Waals surface area contributed by atoms with Crippen LogP contribution in [0.4, 0.5) is 5.69 Å². The summed E-state index contributed by atoms with van der Waals surface area (Å²) in [7, 11) is 0. The van der Waals surface area contributed by atoms with Gasteiger partial charge in [0.25, 0.3) is 5.91 Å². The van der Waals surface area contributed by atoms with E-state index in [1.807, 2.05) is 0 Å². The van der Waals surface area contributed by atoms with E-state index in [9.17, 15) is 19.8 Å². The second kappa shape index (κ2) is 4.66. The number of carbonyl (C=O) groups is 2. The Labute approximate surface area is 104 Å². The minimum absolute atomic E-state index is 0.0107. The van der Waals surface area contributed by atoms with Crippen molar-refractivity contribution >= 4 is 17.6 Å². The van der Waals surface area contributed by atoms with Crippen molar-refractivity contribution in [2.75, 3.05) is 11.9 Å². The molecule has 96 valence electrons. The van der Waals surface area contributed by atoms with Crippen molar-refractivity contribution in [1.29, 1.82) is 0 Å². The number of hydrogen-bond acceptors (Lipinski definition) is 4. The topological polar surface area (TPSA) is 98.7 Å². The predicted octanol–water partition coefficient (Wildman–Crippen LogP) is 0.537. The van der Waals surface area contributed by atoms with Crippen molar-refractivity contribution in [3.05, 3.63) is 24.3 Å². The smallest absolute Gasteiger partial charge is 0.333 e. The van der Waals surface area contributed by atoms with Crippen molar-refractivity contribution in [3.8, 4) is 5.75 Å². The molecule has 6 heteroatoms. The zero-order valence-corrected chi connectivity index (χ0v) is 9.64. The highest BCUT2D eigenvalue weighted by molar-refractivity contribution is 6.12. The van der Waals surface area contributed by atoms with Gasteiger partial charge in [-0.15, -0.1) is 0 Å². The van der Waals surface area contributed by atoms with E-state index < -0.39 is 17.4 Å². The van der Waals surface area contributed by atoms with Gasteiger partial charge in [0.05, 0.1) is 0 Å². The normalized spacial score (nSPS) is 22.7. The Morgan fingerprint density at radius 3 is 2.72 bits per heavy atom. The molecule has 0 saturated carbocycles. The molecule has 1 saturated heterocycles. The van der Waals surface area contributed by atoms with Crippen LogP contribution < -0.4 is 10.6 Å². The number of benzene rings is 1. The molecule has 1 atom stereocenters. The van der Waals surface area contributed by atoms with E-state index in [0.29, 0.717) is 18.7 Å². The first-order chi connectivity index (χ1) is 8.54. The van der Waals surface area contributed by atoms with Crippen molar-refractivity contribution in [2.24, 2.45) is 0 Å². The number of aliphatic carboxylic acids is 1. The SMILES string of the molecule is O=C(O)[C@]1(C(=O)Nc2cccc(O)c2)CCCN1. The first kappa shape index (κ1) is 12.4. The summed E-state index contributed by atoms with van der Waals surface area (Å²) in [6.07, 6.45) is 0.896. The standard InChI is InChI=1S/C12H14N2O4/c15-9-4-1-3-8(7-9)14-10(16)12(11(17)18)5-2-6-13-12/h1,3-4,7,13,15H,2,5-6H2,(H,14,16)(H,17,18)/t12-/m1/s1. The molecule has 1 fully saturated rings. The van der Waals surface area contributed by atoms with Gasteiger partial charge in [-0.2, -0.15) is 0 Å². The molecular weight excluding hydrogens is 236 g/mol. The Hall–Kier alpha value is -2.08. The molecule has 2 rings (SSSR count). The zero-order valence-electron chi connectivity index (χ0n) is 9.64. The Kier molecular flexibility index (Phi) is 3.20. The summed E-state index contributed by atoms with van der Waals surface area (Å²) in [5.74, 6) is -1.78. The van der Waals surface area contributed by atoms with Crippen LogP contribution >= 0.6 is 0 Å². The number of carboxylic acid groups (broad SMARTS) is 1. The lowest BCUT2D eigenvalue weighted by molar-refractivity contribution is -0.148. The van der Waals surface area contributed by atoms with Gasteiger partial charge in [-0.3, -0.25) is 10.1 Å². The number of phenolic OH excluding ortho intramolecular Hbond substituents is 1. The summed E-state index contributed by atoms with van der Waals surface area (Å²) in [5, 5.41) is 23.7. The lowest BCUT2D eigenvalue weighted by Gasteiger charge is -2.23. The molecular formula is C12H14N2O4. The highest BCUT2D eigenvalue weighted by atomic mass is 16.4. The summed E-state index contributed by atoms with van der Waals surface area (Å²) in [6, 6.07) is 5.99. The van der Waals surface area contributed by atoms with Crippen LogP contribution in [0.2, 0.25) is 0 Å². The van der Waals surface area contributed by atoms with Gasteiger partial charge in [-0.25, -0.2) is 4.79 Å². The third-order valence-electron chi connectivity index (χ3n) is 3.01. The van der Waals surface area contributed by atoms with Gasteiger partial charge in [-0.1, -0.05) is 6.07 Å². The van der Waals surface area contributed by atoms with E-state index >= 15 is 0 Å². The third kappa shape index (κ3) is 2.14. The summed E-state index contributed by atoms with van der Waals surface area (Å²) >= 11 is 0. The van der Waals surface area contributed by atoms with Gasteiger partial charge < -0.3 is 15.5 Å². The second-order valence-corrected chi connectivity index (χ2v) is 4.25. The largest absolute Gasteiger partial charge is 0.508 e. The summed E-state index contributed by atoms with van der Waals surface area (Å²) < 4.78 is 0. The molecule has 4 N–H and O–H groups in total. The molecule has 1 amide bonds. The molecule has 6 nitrogen and oxygen atoms in total. The van der Waals surface area contributed by atoms with E-state index in [2.05, 4.69) is 10.6 Å². The van der Waals surface area contributed by atoms with Crippen molar-refractivity contribution in [2.45, 2.75) is 18.4 Å². The predicted molar refractivity (Wildman–Crippen MR) is 64.3 cm³/mol. The van der Waals surface area contributed by atoms with Gasteiger partial charge in [0.2, 0.25) is 0 Å². The van der Waals surface area contributed by atoms with E-state index in [1.54, 1.807) is 12.1 Å². The number of carboxylic acids is 1. The molecule has 0 unspecified atom stereocenters. The van der Waals surface area contributed by atoms with E-state index in [0.717, 1.165) is 0 Å². The van der Waals surface area contributed by atoms with Gasteiger partial charge in [0, 0.05) is 11.8 Å². The number of aromatic hydroxyl groups is 1. The average Bonchev–Trinajstić information content (AvgIpc) is 2.79. The Bertz CT molecular complexity index is 481. The van der Waals surface area contributed by atoms with Crippen molar-refractivity contribution < 1.29 is 19.8 Å². The van der Waals surface area contributed by atoms with Gasteiger partial charge in [0.1, 0.15) is 5.75 Å². The maximum Gasteiger partial charge on any atom is 0.333 e. The lowest BCUT2D eigenvalue weighted by atomic mass is 9.96. The minimum atomic E-state index is -1.56. The summed E-state index contributed by atoms with van der Waals surface area (Å²) in [4.78, 5) is 23.3. The lowest BCUT2D eigenvalue weighted by Crippen LogP contribution is -2.56. The van der Waals surface area contributed by atoms with Crippen molar-refractivity contribution in [3.63, 3.8) is 0 Å². The number of nitrogens with one attached hydrogen (secondary N) is 2.